The minimum Gasteiger partial charge on any atom is -0.505 e. The number of amides is 1. The van der Waals surface area contributed by atoms with Crippen LogP contribution in [0.2, 0.25) is 0 Å². The molecule has 32 heavy (non-hydrogen) atoms. The van der Waals surface area contributed by atoms with Gasteiger partial charge in [0.05, 0.1) is 23.5 Å². The predicted molar refractivity (Wildman–Crippen MR) is 113 cm³/mol. The molecule has 3 rings (SSSR count). The smallest absolute Gasteiger partial charge is 0.279 e. The number of nitro benzene ring substituents is 1. The van der Waals surface area contributed by atoms with Crippen LogP contribution >= 0.6 is 0 Å². The summed E-state index contributed by atoms with van der Waals surface area (Å²) in [6, 6.07) is 9.49. The molecule has 10 heteroatoms. The summed E-state index contributed by atoms with van der Waals surface area (Å²) in [7, 11) is 1.48. The van der Waals surface area contributed by atoms with Crippen molar-refractivity contribution in [3.8, 4) is 11.5 Å². The van der Waals surface area contributed by atoms with Crippen molar-refractivity contribution in [2.75, 3.05) is 7.11 Å². The Bertz CT molecular complexity index is 1150. The van der Waals surface area contributed by atoms with E-state index in [1.54, 1.807) is 24.3 Å². The van der Waals surface area contributed by atoms with E-state index in [0.717, 1.165) is 6.07 Å². The van der Waals surface area contributed by atoms with E-state index in [0.29, 0.717) is 18.2 Å². The highest BCUT2D eigenvalue weighted by molar-refractivity contribution is 5.94. The largest absolute Gasteiger partial charge is 0.505 e. The molecule has 8 nitrogen and oxygen atoms in total. The standard InChI is InChI=1S/C22H21F2N3O5/c1-22(23,24)10-9-18(28)26-19(13-5-7-14(32-2)8-6-13)16-12-17(27(30)31)15-4-3-11-25-20(15)21(16)29/h3-8,11-12,19,29H,9-10H2,1-2H3,(H,26,28). The Kier molecular flexibility index (Phi) is 6.52. The third-order valence-electron chi connectivity index (χ3n) is 4.93. The van der Waals surface area contributed by atoms with Gasteiger partial charge in [-0.1, -0.05) is 12.1 Å². The topological polar surface area (TPSA) is 115 Å². The van der Waals surface area contributed by atoms with E-state index in [4.69, 9.17) is 4.74 Å². The Morgan fingerprint density at radius 1 is 1.31 bits per heavy atom. The molecule has 0 saturated carbocycles. The van der Waals surface area contributed by atoms with Crippen molar-refractivity contribution in [3.05, 3.63) is 69.9 Å². The van der Waals surface area contributed by atoms with Crippen LogP contribution in [0.5, 0.6) is 11.5 Å². The molecule has 1 heterocycles. The third kappa shape index (κ3) is 5.08. The molecule has 0 aliphatic heterocycles. The van der Waals surface area contributed by atoms with E-state index in [2.05, 4.69) is 10.3 Å². The lowest BCUT2D eigenvalue weighted by atomic mass is 9.95. The van der Waals surface area contributed by atoms with Gasteiger partial charge in [-0.15, -0.1) is 0 Å². The van der Waals surface area contributed by atoms with Crippen LogP contribution in [0.3, 0.4) is 0 Å². The Morgan fingerprint density at radius 2 is 2.00 bits per heavy atom. The van der Waals surface area contributed by atoms with Crippen molar-refractivity contribution in [3.63, 3.8) is 0 Å². The van der Waals surface area contributed by atoms with Crippen LogP contribution in [0.25, 0.3) is 10.9 Å². The number of benzene rings is 2. The van der Waals surface area contributed by atoms with Crippen LogP contribution in [0, 0.1) is 10.1 Å². The second-order valence-electron chi connectivity index (χ2n) is 7.33. The molecule has 0 bridgehead atoms. The number of nitro groups is 1. The first-order chi connectivity index (χ1) is 15.1. The first kappa shape index (κ1) is 22.9. The zero-order valence-electron chi connectivity index (χ0n) is 17.3. The summed E-state index contributed by atoms with van der Waals surface area (Å²) in [5.74, 6) is -3.55. The van der Waals surface area contributed by atoms with Crippen molar-refractivity contribution in [1.29, 1.82) is 0 Å². The fourth-order valence-corrected chi connectivity index (χ4v) is 3.31. The van der Waals surface area contributed by atoms with Gasteiger partial charge in [-0.05, 0) is 36.8 Å². The molecule has 1 atom stereocenters. The van der Waals surface area contributed by atoms with Crippen molar-refractivity contribution >= 4 is 22.5 Å². The maximum Gasteiger partial charge on any atom is 0.279 e. The second-order valence-corrected chi connectivity index (χ2v) is 7.33. The number of carbonyl (C=O) groups excluding carboxylic acids is 1. The minimum atomic E-state index is -3.03. The maximum atomic E-state index is 13.2. The van der Waals surface area contributed by atoms with E-state index in [1.165, 1.54) is 25.4 Å². The number of nitrogens with one attached hydrogen (secondary N) is 1. The zero-order valence-corrected chi connectivity index (χ0v) is 17.3. The highest BCUT2D eigenvalue weighted by atomic mass is 19.3. The number of nitrogens with zero attached hydrogens (tertiary/aromatic N) is 2. The Hall–Kier alpha value is -3.82. The van der Waals surface area contributed by atoms with Crippen LogP contribution in [0.1, 0.15) is 36.9 Å². The van der Waals surface area contributed by atoms with Gasteiger partial charge in [-0.2, -0.15) is 0 Å². The molecule has 0 radical (unpaired) electrons. The summed E-state index contributed by atoms with van der Waals surface area (Å²) >= 11 is 0. The molecule has 1 aromatic heterocycles. The Morgan fingerprint density at radius 3 is 2.59 bits per heavy atom. The highest BCUT2D eigenvalue weighted by Gasteiger charge is 2.28. The van der Waals surface area contributed by atoms with Gasteiger partial charge in [-0.3, -0.25) is 19.9 Å². The molecular formula is C22H21F2N3O5. The number of fused-ring (bicyclic) bond motifs is 1. The lowest BCUT2D eigenvalue weighted by Gasteiger charge is -2.22. The summed E-state index contributed by atoms with van der Waals surface area (Å²) in [6.07, 6.45) is 0.240. The summed E-state index contributed by atoms with van der Waals surface area (Å²) < 4.78 is 31.5. The van der Waals surface area contributed by atoms with Crippen LogP contribution < -0.4 is 10.1 Å². The monoisotopic (exact) mass is 445 g/mol. The number of aromatic nitrogens is 1. The lowest BCUT2D eigenvalue weighted by Crippen LogP contribution is -2.30. The number of phenols is 1. The summed E-state index contributed by atoms with van der Waals surface area (Å²) in [6.45, 7) is 0.714. The number of non-ortho nitro benzene ring substituents is 1. The van der Waals surface area contributed by atoms with Gasteiger partial charge in [0.15, 0.2) is 0 Å². The van der Waals surface area contributed by atoms with Gasteiger partial charge in [-0.25, -0.2) is 8.78 Å². The molecule has 0 fully saturated rings. The number of alkyl halides is 2. The first-order valence-electron chi connectivity index (χ1n) is 9.67. The van der Waals surface area contributed by atoms with Gasteiger partial charge >= 0.3 is 0 Å². The number of halogens is 2. The number of methoxy groups -OCH3 is 1. The van der Waals surface area contributed by atoms with Gasteiger partial charge in [0.1, 0.15) is 17.0 Å². The molecule has 2 N–H and O–H groups in total. The molecule has 0 aliphatic rings. The van der Waals surface area contributed by atoms with E-state index in [-0.39, 0.29) is 27.9 Å². The zero-order chi connectivity index (χ0) is 23.5. The Balaban J connectivity index is 2.12. The number of hydrogen-bond donors (Lipinski definition) is 2. The van der Waals surface area contributed by atoms with Gasteiger partial charge in [0.25, 0.3) is 5.69 Å². The number of phenolic OH excluding ortho intramolecular Hbond substituents is 1. The third-order valence-corrected chi connectivity index (χ3v) is 4.93. The average molecular weight is 445 g/mol. The number of carbonyl (C=O) groups is 1. The fraction of sp³-hybridized carbons (Fsp3) is 0.273. The van der Waals surface area contributed by atoms with E-state index in [1.807, 2.05) is 0 Å². The molecule has 1 amide bonds. The highest BCUT2D eigenvalue weighted by Crippen LogP contribution is 2.39. The van der Waals surface area contributed by atoms with Crippen LogP contribution in [-0.2, 0) is 4.79 Å². The van der Waals surface area contributed by atoms with Crippen molar-refractivity contribution in [2.45, 2.75) is 31.7 Å². The number of ether oxygens (including phenoxy) is 1. The molecule has 0 aliphatic carbocycles. The lowest BCUT2D eigenvalue weighted by molar-refractivity contribution is -0.383. The van der Waals surface area contributed by atoms with Crippen LogP contribution in [-0.4, -0.2) is 34.0 Å². The Labute approximate surface area is 182 Å². The molecular weight excluding hydrogens is 424 g/mol. The average Bonchev–Trinajstić information content (AvgIpc) is 2.76. The fourth-order valence-electron chi connectivity index (χ4n) is 3.31. The molecule has 1 unspecified atom stereocenters. The normalized spacial score (nSPS) is 12.4. The molecule has 2 aromatic carbocycles. The second kappa shape index (κ2) is 9.13. The minimum absolute atomic E-state index is 0.00967. The number of aromatic hydroxyl groups is 1. The SMILES string of the molecule is COc1ccc(C(NC(=O)CCC(C)(F)F)c2cc([N+](=O)[O-])c3cccnc3c2O)cc1. The summed E-state index contributed by atoms with van der Waals surface area (Å²) in [5, 5.41) is 25.3. The van der Waals surface area contributed by atoms with E-state index >= 15 is 0 Å². The quantitative estimate of drug-likeness (QED) is 0.390. The molecule has 0 spiro atoms. The van der Waals surface area contributed by atoms with Gasteiger partial charge in [0, 0.05) is 30.7 Å². The predicted octanol–water partition coefficient (Wildman–Crippen LogP) is 4.50. The van der Waals surface area contributed by atoms with Gasteiger partial charge in [0.2, 0.25) is 11.8 Å². The van der Waals surface area contributed by atoms with Crippen molar-refractivity contribution in [2.24, 2.45) is 0 Å². The van der Waals surface area contributed by atoms with Crippen LogP contribution in [0.4, 0.5) is 14.5 Å². The number of pyridine rings is 1. The summed E-state index contributed by atoms with van der Waals surface area (Å²) in [5.41, 5.74) is 0.158. The van der Waals surface area contributed by atoms with E-state index < -0.39 is 35.6 Å². The van der Waals surface area contributed by atoms with E-state index in [9.17, 15) is 28.8 Å². The van der Waals surface area contributed by atoms with Gasteiger partial charge < -0.3 is 15.2 Å². The van der Waals surface area contributed by atoms with Crippen molar-refractivity contribution in [1.82, 2.24) is 10.3 Å². The summed E-state index contributed by atoms with van der Waals surface area (Å²) in [4.78, 5) is 27.6. The molecule has 0 saturated heterocycles. The molecule has 3 aromatic rings. The van der Waals surface area contributed by atoms with Crippen molar-refractivity contribution < 1.29 is 28.3 Å². The molecule has 168 valence electrons. The number of rotatable bonds is 8. The number of hydrogen-bond acceptors (Lipinski definition) is 6. The van der Waals surface area contributed by atoms with Crippen LogP contribution in [0.15, 0.2) is 48.7 Å². The first-order valence-corrected chi connectivity index (χ1v) is 9.67. The maximum absolute atomic E-state index is 13.2.